The van der Waals surface area contributed by atoms with Crippen molar-refractivity contribution in [1.29, 1.82) is 0 Å². The van der Waals surface area contributed by atoms with Crippen molar-refractivity contribution in [3.63, 3.8) is 0 Å². The monoisotopic (exact) mass is 441 g/mol. The van der Waals surface area contributed by atoms with Crippen LogP contribution in [0.15, 0.2) is 11.6 Å². The molecule has 0 aliphatic rings. The third-order valence-electron chi connectivity index (χ3n) is 0.991. The SMILES string of the molecule is C=C=NC.PP(P)P(P)P(P(P)P)P(P)P. The lowest BCUT2D eigenvalue weighted by Crippen LogP contribution is -1.43. The fraction of sp³-hybridized carbons (Fsp3) is 0.333. The van der Waals surface area contributed by atoms with E-state index in [1.165, 1.54) is 0 Å². The zero-order valence-electron chi connectivity index (χ0n) is 8.93. The summed E-state index contributed by atoms with van der Waals surface area (Å²) < 4.78 is 0. The van der Waals surface area contributed by atoms with Crippen LogP contribution in [0.25, 0.3) is 0 Å². The van der Waals surface area contributed by atoms with Crippen LogP contribution >= 0.6 is 97.4 Å². The summed E-state index contributed by atoms with van der Waals surface area (Å²) in [5, 5.41) is 0. The van der Waals surface area contributed by atoms with Crippen LogP contribution in [-0.2, 0) is 0 Å². The number of hydrogen-bond acceptors (Lipinski definition) is 1. The van der Waals surface area contributed by atoms with Gasteiger partial charge >= 0.3 is 0 Å². The average Bonchev–Trinajstić information content (AvgIpc) is 2.16. The molecule has 0 N–H and O–H groups in total. The Balaban J connectivity index is 0. The molecular formula is C3H19NP12. The van der Waals surface area contributed by atoms with Crippen LogP contribution < -0.4 is 0 Å². The van der Waals surface area contributed by atoms with Gasteiger partial charge in [0.25, 0.3) is 0 Å². The molecular weight excluding hydrogens is 422 g/mol. The Morgan fingerprint density at radius 3 is 1.25 bits per heavy atom. The molecule has 0 aromatic carbocycles. The molecule has 16 heavy (non-hydrogen) atoms. The van der Waals surface area contributed by atoms with Crippen molar-refractivity contribution in [2.75, 3.05) is 7.05 Å². The van der Waals surface area contributed by atoms with Crippen molar-refractivity contribution < 1.29 is 0 Å². The summed E-state index contributed by atoms with van der Waals surface area (Å²) >= 11 is 0. The van der Waals surface area contributed by atoms with Gasteiger partial charge in [-0.1, -0.05) is 0 Å². The Morgan fingerprint density at radius 2 is 1.19 bits per heavy atom. The minimum atomic E-state index is 0.103. The van der Waals surface area contributed by atoms with Crippen molar-refractivity contribution in [2.45, 2.75) is 0 Å². The molecule has 0 aromatic rings. The van der Waals surface area contributed by atoms with Gasteiger partial charge in [0.2, 0.25) is 0 Å². The summed E-state index contributed by atoms with van der Waals surface area (Å²) in [5.74, 6) is 2.31. The van der Waals surface area contributed by atoms with E-state index >= 15 is 0 Å². The van der Waals surface area contributed by atoms with Crippen molar-refractivity contribution in [3.8, 4) is 0 Å². The third-order valence-corrected chi connectivity index (χ3v) is 67.6. The number of nitrogens with zero attached hydrogens (tertiary/aromatic N) is 1. The molecule has 0 fully saturated rings. The molecule has 0 heterocycles. The van der Waals surface area contributed by atoms with Crippen molar-refractivity contribution in [2.24, 2.45) is 4.99 Å². The van der Waals surface area contributed by atoms with Crippen LogP contribution in [-0.4, -0.2) is 12.9 Å². The van der Waals surface area contributed by atoms with Crippen LogP contribution in [0.4, 0.5) is 0 Å². The van der Waals surface area contributed by atoms with E-state index in [2.05, 4.69) is 79.9 Å². The summed E-state index contributed by atoms with van der Waals surface area (Å²) in [4.78, 5) is 3.38. The van der Waals surface area contributed by atoms with Crippen molar-refractivity contribution in [1.82, 2.24) is 0 Å². The normalized spacial score (nSPS) is 12.5. The van der Waals surface area contributed by atoms with E-state index in [1.54, 1.807) is 7.05 Å². The van der Waals surface area contributed by atoms with Crippen LogP contribution in [0, 0.1) is 0 Å². The minimum Gasteiger partial charge on any atom is -0.247 e. The standard InChI is InChI=1S/C3H5N.H14P12/c1-3-4-2;1-8(2)11(7)12(9(3)4)10(5)6/h1H2,2H3;1-7H2. The smallest absolute Gasteiger partial charge is 0.0371 e. The van der Waals surface area contributed by atoms with Crippen LogP contribution in [0.2, 0.25) is 0 Å². The first-order valence-electron chi connectivity index (χ1n) is 3.63. The van der Waals surface area contributed by atoms with Crippen molar-refractivity contribution in [3.05, 3.63) is 6.58 Å². The van der Waals surface area contributed by atoms with E-state index in [4.69, 9.17) is 0 Å². The molecule has 0 radical (unpaired) electrons. The first-order chi connectivity index (χ1) is 7.29. The molecule has 0 aliphatic carbocycles. The van der Waals surface area contributed by atoms with Gasteiger partial charge in [-0.3, -0.25) is 0 Å². The quantitative estimate of drug-likeness (QED) is 0.328. The average molecular weight is 441 g/mol. The van der Waals surface area contributed by atoms with Crippen LogP contribution in [0.5, 0.6) is 0 Å². The summed E-state index contributed by atoms with van der Waals surface area (Å²) in [6.07, 6.45) is 0. The largest absolute Gasteiger partial charge is 0.247 e. The van der Waals surface area contributed by atoms with Gasteiger partial charge in [-0.2, -0.15) is 0 Å². The topological polar surface area (TPSA) is 12.4 Å². The first kappa shape index (κ1) is 22.9. The van der Waals surface area contributed by atoms with Gasteiger partial charge in [0.05, 0.1) is 0 Å². The molecule has 0 rings (SSSR count). The Morgan fingerprint density at radius 1 is 0.875 bits per heavy atom. The molecule has 1 nitrogen and oxygen atoms in total. The maximum absolute atomic E-state index is 3.38. The van der Waals surface area contributed by atoms with E-state index in [9.17, 15) is 0 Å². The van der Waals surface area contributed by atoms with Gasteiger partial charge in [-0.05, 0) is 47.4 Å². The second-order valence-electron chi connectivity index (χ2n) is 2.11. The second kappa shape index (κ2) is 14.5. The Hall–Kier alpha value is 4.61. The number of hydrogen-bond donors (Lipinski definition) is 0. The third kappa shape index (κ3) is 12.4. The van der Waals surface area contributed by atoms with E-state index in [-0.39, 0.29) is 34.9 Å². The highest BCUT2D eigenvalue weighted by molar-refractivity contribution is 9.21. The highest BCUT2D eigenvalue weighted by Crippen LogP contribution is 3.16. The lowest BCUT2D eigenvalue weighted by atomic mass is 11.1. The molecule has 0 aromatic heterocycles. The van der Waals surface area contributed by atoms with E-state index in [0.29, 0.717) is 0 Å². The van der Waals surface area contributed by atoms with Crippen LogP contribution in [0.3, 0.4) is 0 Å². The molecule has 0 aliphatic heterocycles. The number of aliphatic imine (C=N–C) groups is 1. The zero-order chi connectivity index (χ0) is 13.3. The highest BCUT2D eigenvalue weighted by Gasteiger charge is 2.26. The predicted octanol–water partition coefficient (Wildman–Crippen LogP) is 7.06. The fourth-order valence-corrected chi connectivity index (χ4v) is 103. The van der Waals surface area contributed by atoms with Gasteiger partial charge in [0.15, 0.2) is 0 Å². The molecule has 13 heteroatoms. The molecule has 8 atom stereocenters. The molecule has 8 unspecified atom stereocenters. The lowest BCUT2D eigenvalue weighted by Gasteiger charge is -2.32. The van der Waals surface area contributed by atoms with E-state index < -0.39 is 0 Å². The van der Waals surface area contributed by atoms with Gasteiger partial charge < -0.3 is 0 Å². The van der Waals surface area contributed by atoms with Gasteiger partial charge in [0.1, 0.15) is 0 Å². The minimum absolute atomic E-state index is 0.103. The van der Waals surface area contributed by atoms with Crippen molar-refractivity contribution >= 4 is 103 Å². The van der Waals surface area contributed by atoms with E-state index in [0.717, 1.165) is 0 Å². The molecule has 96 valence electrons. The Labute approximate surface area is 121 Å². The maximum Gasteiger partial charge on any atom is 0.0371 e. The summed E-state index contributed by atoms with van der Waals surface area (Å²) in [6, 6.07) is 0. The fourth-order valence-electron chi connectivity index (χ4n) is 0.423. The lowest BCUT2D eigenvalue weighted by molar-refractivity contribution is 1.49. The maximum atomic E-state index is 3.38. The summed E-state index contributed by atoms with van der Waals surface area (Å²) in [6.45, 7) is 3.89. The van der Waals surface area contributed by atoms with Gasteiger partial charge in [-0.25, -0.2) is 4.99 Å². The summed E-state index contributed by atoms with van der Waals surface area (Å²) in [7, 11) is 22.6. The summed E-state index contributed by atoms with van der Waals surface area (Å²) in [5.41, 5.74) is 0. The predicted molar refractivity (Wildman–Crippen MR) is 122 cm³/mol. The Bertz CT molecular complexity index is 200. The van der Waals surface area contributed by atoms with Gasteiger partial charge in [0, 0.05) is 7.05 Å². The Kier molecular flexibility index (Phi) is 20.8. The van der Waals surface area contributed by atoms with Gasteiger partial charge in [-0.15, -0.1) is 62.5 Å². The molecule has 0 amide bonds. The highest BCUT2D eigenvalue weighted by atomic mass is 33.3. The molecule has 0 bridgehead atoms. The second-order valence-corrected chi connectivity index (χ2v) is 47.1. The molecule has 0 saturated heterocycles. The number of rotatable bonds is 4. The molecule has 0 spiro atoms. The molecule has 0 saturated carbocycles. The first-order valence-corrected chi connectivity index (χ1v) is 24.5. The van der Waals surface area contributed by atoms with E-state index in [1.807, 2.05) is 0 Å². The zero-order valence-corrected chi connectivity index (χ0v) is 21.5. The van der Waals surface area contributed by atoms with Crippen LogP contribution in [0.1, 0.15) is 0 Å².